The Kier molecular flexibility index (Phi) is 4.86. The van der Waals surface area contributed by atoms with Crippen molar-refractivity contribution in [2.45, 2.75) is 6.04 Å². The number of hydrogen-bond donors (Lipinski definition) is 2. The predicted octanol–water partition coefficient (Wildman–Crippen LogP) is 4.15. The van der Waals surface area contributed by atoms with Crippen LogP contribution in [0.15, 0.2) is 42.5 Å². The molecule has 0 aliphatic rings. The molecule has 0 spiro atoms. The van der Waals surface area contributed by atoms with Gasteiger partial charge in [0.25, 0.3) is 0 Å². The van der Waals surface area contributed by atoms with E-state index in [1.807, 2.05) is 24.3 Å². The molecule has 0 aliphatic carbocycles. The largest absolute Gasteiger partial charge is 0.271 e. The molecule has 0 saturated heterocycles. The molecule has 0 fully saturated rings. The Hall–Kier alpha value is -0.330. The molecule has 2 nitrogen and oxygen atoms in total. The maximum absolute atomic E-state index is 6.20. The highest BCUT2D eigenvalue weighted by Gasteiger charge is 2.16. The molecule has 2 aromatic carbocycles. The molecular weight excluding hydrogens is 382 g/mol. The van der Waals surface area contributed by atoms with E-state index in [9.17, 15) is 0 Å². The van der Waals surface area contributed by atoms with Crippen LogP contribution in [0.25, 0.3) is 0 Å². The Morgan fingerprint density at radius 3 is 2.56 bits per heavy atom. The van der Waals surface area contributed by atoms with E-state index in [-0.39, 0.29) is 6.04 Å². The molecule has 1 atom stereocenters. The van der Waals surface area contributed by atoms with Gasteiger partial charge in [-0.05, 0) is 64.0 Å². The highest BCUT2D eigenvalue weighted by molar-refractivity contribution is 14.1. The molecule has 2 aromatic rings. The molecule has 0 bridgehead atoms. The summed E-state index contributed by atoms with van der Waals surface area (Å²) in [6.45, 7) is 0. The summed E-state index contributed by atoms with van der Waals surface area (Å²) < 4.78 is 1.14. The quantitative estimate of drug-likeness (QED) is 0.467. The van der Waals surface area contributed by atoms with Crippen molar-refractivity contribution >= 4 is 45.8 Å². The van der Waals surface area contributed by atoms with Crippen molar-refractivity contribution in [2.24, 2.45) is 5.84 Å². The van der Waals surface area contributed by atoms with E-state index in [0.717, 1.165) is 14.7 Å². The van der Waals surface area contributed by atoms with Gasteiger partial charge in [0, 0.05) is 13.6 Å². The van der Waals surface area contributed by atoms with Crippen LogP contribution < -0.4 is 11.3 Å². The number of halogens is 3. The first kappa shape index (κ1) is 14.1. The van der Waals surface area contributed by atoms with Gasteiger partial charge in [-0.3, -0.25) is 5.84 Å². The van der Waals surface area contributed by atoms with Crippen LogP contribution in [0, 0.1) is 3.57 Å². The molecule has 2 rings (SSSR count). The maximum Gasteiger partial charge on any atom is 0.0725 e. The molecule has 5 heteroatoms. The monoisotopic (exact) mass is 392 g/mol. The first-order valence-corrected chi connectivity index (χ1v) is 7.12. The fourth-order valence-electron chi connectivity index (χ4n) is 1.79. The molecule has 0 radical (unpaired) electrons. The molecule has 0 aliphatic heterocycles. The van der Waals surface area contributed by atoms with Crippen LogP contribution in [-0.4, -0.2) is 0 Å². The zero-order valence-electron chi connectivity index (χ0n) is 9.33. The van der Waals surface area contributed by atoms with Gasteiger partial charge in [0.1, 0.15) is 0 Å². The Morgan fingerprint density at radius 1 is 1.11 bits per heavy atom. The summed E-state index contributed by atoms with van der Waals surface area (Å²) in [5.41, 5.74) is 4.70. The molecule has 94 valence electrons. The summed E-state index contributed by atoms with van der Waals surface area (Å²) in [6, 6.07) is 13.3. The third-order valence-electron chi connectivity index (χ3n) is 2.62. The fraction of sp³-hybridized carbons (Fsp3) is 0.0769. The minimum atomic E-state index is -0.175. The lowest BCUT2D eigenvalue weighted by molar-refractivity contribution is 0.637. The number of benzene rings is 2. The zero-order chi connectivity index (χ0) is 13.1. The number of nitrogens with two attached hydrogens (primary N) is 1. The number of hydrogen-bond acceptors (Lipinski definition) is 2. The van der Waals surface area contributed by atoms with E-state index in [0.29, 0.717) is 10.0 Å². The lowest BCUT2D eigenvalue weighted by atomic mass is 9.99. The van der Waals surface area contributed by atoms with Gasteiger partial charge in [-0.1, -0.05) is 35.3 Å². The molecule has 0 saturated carbocycles. The van der Waals surface area contributed by atoms with Crippen LogP contribution in [0.5, 0.6) is 0 Å². The van der Waals surface area contributed by atoms with Gasteiger partial charge in [0.2, 0.25) is 0 Å². The van der Waals surface area contributed by atoms with Gasteiger partial charge in [-0.25, -0.2) is 5.43 Å². The summed E-state index contributed by atoms with van der Waals surface area (Å²) >= 11 is 14.5. The van der Waals surface area contributed by atoms with Crippen LogP contribution in [0.3, 0.4) is 0 Å². The van der Waals surface area contributed by atoms with E-state index in [4.69, 9.17) is 29.0 Å². The topological polar surface area (TPSA) is 38.0 Å². The van der Waals surface area contributed by atoms with Gasteiger partial charge in [0.15, 0.2) is 0 Å². The minimum Gasteiger partial charge on any atom is -0.271 e. The van der Waals surface area contributed by atoms with Crippen LogP contribution in [0.4, 0.5) is 0 Å². The Balaban J connectivity index is 2.48. The second kappa shape index (κ2) is 6.21. The van der Waals surface area contributed by atoms with Gasteiger partial charge in [0.05, 0.1) is 6.04 Å². The fourth-order valence-corrected chi connectivity index (χ4v) is 2.76. The average molecular weight is 393 g/mol. The summed E-state index contributed by atoms with van der Waals surface area (Å²) in [6.07, 6.45) is 0. The summed E-state index contributed by atoms with van der Waals surface area (Å²) in [5.74, 6) is 5.65. The van der Waals surface area contributed by atoms with E-state index in [2.05, 4.69) is 34.1 Å². The van der Waals surface area contributed by atoms with E-state index in [1.54, 1.807) is 12.1 Å². The molecule has 18 heavy (non-hydrogen) atoms. The third kappa shape index (κ3) is 3.16. The number of hydrazine groups is 1. The van der Waals surface area contributed by atoms with Gasteiger partial charge in [-0.15, -0.1) is 0 Å². The van der Waals surface area contributed by atoms with Gasteiger partial charge < -0.3 is 0 Å². The summed E-state index contributed by atoms with van der Waals surface area (Å²) in [4.78, 5) is 0. The van der Waals surface area contributed by atoms with Crippen LogP contribution in [0.2, 0.25) is 10.0 Å². The van der Waals surface area contributed by atoms with Crippen molar-refractivity contribution in [1.82, 2.24) is 5.43 Å². The first-order chi connectivity index (χ1) is 8.61. The SMILES string of the molecule is NNC(c1cccc(I)c1)c1cc(Cl)ccc1Cl. The van der Waals surface area contributed by atoms with Crippen molar-refractivity contribution in [3.63, 3.8) is 0 Å². The highest BCUT2D eigenvalue weighted by atomic mass is 127. The lowest BCUT2D eigenvalue weighted by Gasteiger charge is -2.18. The van der Waals surface area contributed by atoms with Crippen LogP contribution >= 0.6 is 45.8 Å². The lowest BCUT2D eigenvalue weighted by Crippen LogP contribution is -2.29. The van der Waals surface area contributed by atoms with Crippen molar-refractivity contribution in [1.29, 1.82) is 0 Å². The van der Waals surface area contributed by atoms with Crippen LogP contribution in [-0.2, 0) is 0 Å². The smallest absolute Gasteiger partial charge is 0.0725 e. The molecule has 1 unspecified atom stereocenters. The van der Waals surface area contributed by atoms with E-state index < -0.39 is 0 Å². The van der Waals surface area contributed by atoms with Crippen molar-refractivity contribution in [2.75, 3.05) is 0 Å². The molecule has 3 N–H and O–H groups in total. The van der Waals surface area contributed by atoms with Gasteiger partial charge >= 0.3 is 0 Å². The van der Waals surface area contributed by atoms with E-state index in [1.165, 1.54) is 0 Å². The second-order valence-electron chi connectivity index (χ2n) is 3.82. The van der Waals surface area contributed by atoms with E-state index >= 15 is 0 Å². The molecule has 0 aromatic heterocycles. The third-order valence-corrected chi connectivity index (χ3v) is 3.87. The Morgan fingerprint density at radius 2 is 1.89 bits per heavy atom. The molecular formula is C13H11Cl2IN2. The standard InChI is InChI=1S/C13H11Cl2IN2/c14-9-4-5-12(15)11(7-9)13(18-17)8-2-1-3-10(16)6-8/h1-7,13,18H,17H2. The number of rotatable bonds is 3. The Labute approximate surface area is 130 Å². The minimum absolute atomic E-state index is 0.175. The number of nitrogens with one attached hydrogen (secondary N) is 1. The van der Waals surface area contributed by atoms with Gasteiger partial charge in [-0.2, -0.15) is 0 Å². The van der Waals surface area contributed by atoms with Crippen molar-refractivity contribution in [3.8, 4) is 0 Å². The van der Waals surface area contributed by atoms with Crippen molar-refractivity contribution < 1.29 is 0 Å². The predicted molar refractivity (Wildman–Crippen MR) is 84.8 cm³/mol. The van der Waals surface area contributed by atoms with Crippen LogP contribution in [0.1, 0.15) is 17.2 Å². The molecule has 0 heterocycles. The van der Waals surface area contributed by atoms with Crippen molar-refractivity contribution in [3.05, 3.63) is 67.2 Å². The zero-order valence-corrected chi connectivity index (χ0v) is 13.0. The maximum atomic E-state index is 6.20. The second-order valence-corrected chi connectivity index (χ2v) is 5.91. The Bertz CT molecular complexity index is 560. The summed E-state index contributed by atoms with van der Waals surface area (Å²) in [5, 5.41) is 1.28. The summed E-state index contributed by atoms with van der Waals surface area (Å²) in [7, 11) is 0. The highest BCUT2D eigenvalue weighted by Crippen LogP contribution is 2.30. The first-order valence-electron chi connectivity index (χ1n) is 5.28. The average Bonchev–Trinajstić information content (AvgIpc) is 2.35. The normalized spacial score (nSPS) is 12.4. The molecule has 0 amide bonds.